The van der Waals surface area contributed by atoms with Crippen molar-refractivity contribution in [3.05, 3.63) is 42.5 Å². The lowest BCUT2D eigenvalue weighted by atomic mass is 10.1. The van der Waals surface area contributed by atoms with Gasteiger partial charge in [-0.25, -0.2) is 0 Å². The van der Waals surface area contributed by atoms with Crippen molar-refractivity contribution in [1.82, 2.24) is 10.2 Å². The van der Waals surface area contributed by atoms with Crippen LogP contribution in [0.15, 0.2) is 42.5 Å². The highest BCUT2D eigenvalue weighted by Crippen LogP contribution is 2.20. The molecule has 0 saturated carbocycles. The van der Waals surface area contributed by atoms with Crippen molar-refractivity contribution in [3.8, 4) is 5.75 Å². The highest BCUT2D eigenvalue weighted by atomic mass is 16.5. The molecule has 0 bridgehead atoms. The second kappa shape index (κ2) is 7.85. The molecule has 0 spiro atoms. The minimum Gasteiger partial charge on any atom is -0.484 e. The maximum absolute atomic E-state index is 12.3. The Balaban J connectivity index is 1.55. The van der Waals surface area contributed by atoms with Crippen LogP contribution in [-0.2, 0) is 9.53 Å². The van der Waals surface area contributed by atoms with Crippen LogP contribution in [0.5, 0.6) is 5.75 Å². The number of fused-ring (bicyclic) bond motifs is 1. The van der Waals surface area contributed by atoms with Crippen LogP contribution in [0.3, 0.4) is 0 Å². The molecule has 134 valence electrons. The Morgan fingerprint density at radius 3 is 2.68 bits per heavy atom. The van der Waals surface area contributed by atoms with Crippen LogP contribution in [0, 0.1) is 0 Å². The van der Waals surface area contributed by atoms with E-state index in [-0.39, 0.29) is 24.7 Å². The molecule has 5 nitrogen and oxygen atoms in total. The van der Waals surface area contributed by atoms with Crippen molar-refractivity contribution in [2.75, 3.05) is 26.8 Å². The molecule has 0 unspecified atom stereocenters. The molecule has 1 N–H and O–H groups in total. The molecular formula is C20H26N2O3. The number of benzene rings is 2. The number of amides is 1. The maximum atomic E-state index is 12.3. The predicted octanol–water partition coefficient (Wildman–Crippen LogP) is 2.44. The zero-order chi connectivity index (χ0) is 17.8. The fraction of sp³-hybridized carbons (Fsp3) is 0.450. The van der Waals surface area contributed by atoms with Crippen LogP contribution in [0.1, 0.15) is 13.8 Å². The molecule has 3 rings (SSSR count). The molecule has 0 aromatic heterocycles. The summed E-state index contributed by atoms with van der Waals surface area (Å²) in [6, 6.07) is 14.4. The van der Waals surface area contributed by atoms with Crippen molar-refractivity contribution in [2.45, 2.75) is 32.0 Å². The van der Waals surface area contributed by atoms with Gasteiger partial charge < -0.3 is 14.8 Å². The van der Waals surface area contributed by atoms with Gasteiger partial charge in [-0.3, -0.25) is 9.69 Å². The summed E-state index contributed by atoms with van der Waals surface area (Å²) >= 11 is 0. The van der Waals surface area contributed by atoms with E-state index in [0.717, 1.165) is 23.9 Å². The molecule has 1 heterocycles. The molecule has 1 saturated heterocycles. The molecule has 2 aromatic rings. The van der Waals surface area contributed by atoms with Gasteiger partial charge in [-0.05, 0) is 36.8 Å². The number of nitrogens with one attached hydrogen (secondary N) is 1. The van der Waals surface area contributed by atoms with Crippen molar-refractivity contribution >= 4 is 16.7 Å². The summed E-state index contributed by atoms with van der Waals surface area (Å²) in [6.07, 6.45) is 0.0204. The Morgan fingerprint density at radius 2 is 1.96 bits per heavy atom. The van der Waals surface area contributed by atoms with E-state index >= 15 is 0 Å². The Kier molecular flexibility index (Phi) is 5.56. The molecule has 0 radical (unpaired) electrons. The van der Waals surface area contributed by atoms with E-state index in [1.807, 2.05) is 36.4 Å². The van der Waals surface area contributed by atoms with E-state index in [2.05, 4.69) is 30.1 Å². The smallest absolute Gasteiger partial charge is 0.258 e. The summed E-state index contributed by atoms with van der Waals surface area (Å²) in [6.45, 7) is 5.95. The summed E-state index contributed by atoms with van der Waals surface area (Å²) in [4.78, 5) is 14.6. The molecule has 5 heteroatoms. The minimum atomic E-state index is -0.120. The van der Waals surface area contributed by atoms with Gasteiger partial charge in [-0.15, -0.1) is 0 Å². The molecular weight excluding hydrogens is 316 g/mol. The third kappa shape index (κ3) is 4.30. The van der Waals surface area contributed by atoms with Gasteiger partial charge in [-0.1, -0.05) is 30.3 Å². The molecule has 1 aliphatic rings. The number of hydrogen-bond acceptors (Lipinski definition) is 4. The maximum Gasteiger partial charge on any atom is 0.258 e. The zero-order valence-electron chi connectivity index (χ0n) is 15.1. The zero-order valence-corrected chi connectivity index (χ0v) is 15.1. The number of carbonyl (C=O) groups excluding carboxylic acids is 1. The third-order valence-electron chi connectivity index (χ3n) is 4.76. The number of nitrogens with zero attached hydrogens (tertiary/aromatic N) is 1. The van der Waals surface area contributed by atoms with E-state index in [1.165, 1.54) is 0 Å². The lowest BCUT2D eigenvalue weighted by molar-refractivity contribution is -0.124. The van der Waals surface area contributed by atoms with Crippen LogP contribution < -0.4 is 10.1 Å². The summed E-state index contributed by atoms with van der Waals surface area (Å²) < 4.78 is 11.2. The van der Waals surface area contributed by atoms with E-state index in [9.17, 15) is 4.79 Å². The molecule has 1 amide bonds. The van der Waals surface area contributed by atoms with Gasteiger partial charge >= 0.3 is 0 Å². The van der Waals surface area contributed by atoms with Gasteiger partial charge in [0.25, 0.3) is 5.91 Å². The molecule has 2 atom stereocenters. The van der Waals surface area contributed by atoms with Crippen LogP contribution in [0.25, 0.3) is 10.8 Å². The van der Waals surface area contributed by atoms with E-state index in [0.29, 0.717) is 11.8 Å². The number of ether oxygens (including phenoxy) is 2. The number of methoxy groups -OCH3 is 1. The first kappa shape index (κ1) is 17.7. The lowest BCUT2D eigenvalue weighted by Crippen LogP contribution is -2.45. The van der Waals surface area contributed by atoms with Gasteiger partial charge in [0.05, 0.1) is 12.1 Å². The van der Waals surface area contributed by atoms with Crippen LogP contribution in [0.2, 0.25) is 0 Å². The third-order valence-corrected chi connectivity index (χ3v) is 4.76. The summed E-state index contributed by atoms with van der Waals surface area (Å²) in [7, 11) is 1.69. The standard InChI is InChI=1S/C20H26N2O3/c1-14(2)22-11-18(19(12-22)24-3)21-20(23)13-25-17-9-8-15-6-4-5-7-16(15)10-17/h4-10,14,18-19H,11-13H2,1-3H3,(H,21,23)/t18-,19-/m0/s1. The second-order valence-electron chi connectivity index (χ2n) is 6.79. The first-order valence-electron chi connectivity index (χ1n) is 8.74. The van der Waals surface area contributed by atoms with E-state index < -0.39 is 0 Å². The molecule has 2 aromatic carbocycles. The number of likely N-dealkylation sites (tertiary alicyclic amines) is 1. The Bertz CT molecular complexity index is 732. The Hall–Kier alpha value is -2.11. The second-order valence-corrected chi connectivity index (χ2v) is 6.79. The van der Waals surface area contributed by atoms with E-state index in [1.54, 1.807) is 7.11 Å². The monoisotopic (exact) mass is 342 g/mol. The lowest BCUT2D eigenvalue weighted by Gasteiger charge is -2.20. The highest BCUT2D eigenvalue weighted by Gasteiger charge is 2.34. The Morgan fingerprint density at radius 1 is 1.20 bits per heavy atom. The summed E-state index contributed by atoms with van der Waals surface area (Å²) in [5.41, 5.74) is 0. The average molecular weight is 342 g/mol. The van der Waals surface area contributed by atoms with Gasteiger partial charge in [0, 0.05) is 26.2 Å². The molecule has 1 aliphatic heterocycles. The van der Waals surface area contributed by atoms with Crippen LogP contribution in [0.4, 0.5) is 0 Å². The molecule has 25 heavy (non-hydrogen) atoms. The van der Waals surface area contributed by atoms with Crippen molar-refractivity contribution in [2.24, 2.45) is 0 Å². The SMILES string of the molecule is CO[C@H]1CN(C(C)C)C[C@@H]1NC(=O)COc1ccc2ccccc2c1. The minimum absolute atomic E-state index is 0.0000958. The summed E-state index contributed by atoms with van der Waals surface area (Å²) in [5.74, 6) is 0.582. The Labute approximate surface area is 148 Å². The van der Waals surface area contributed by atoms with Gasteiger partial charge in [0.2, 0.25) is 0 Å². The molecule has 0 aliphatic carbocycles. The fourth-order valence-corrected chi connectivity index (χ4v) is 3.26. The number of rotatable bonds is 6. The normalized spacial score (nSPS) is 21.0. The fourth-order valence-electron chi connectivity index (χ4n) is 3.26. The summed E-state index contributed by atoms with van der Waals surface area (Å²) in [5, 5.41) is 5.30. The topological polar surface area (TPSA) is 50.8 Å². The van der Waals surface area contributed by atoms with Gasteiger partial charge in [-0.2, -0.15) is 0 Å². The van der Waals surface area contributed by atoms with Crippen molar-refractivity contribution in [1.29, 1.82) is 0 Å². The van der Waals surface area contributed by atoms with Crippen LogP contribution >= 0.6 is 0 Å². The highest BCUT2D eigenvalue weighted by molar-refractivity contribution is 5.84. The largest absolute Gasteiger partial charge is 0.484 e. The predicted molar refractivity (Wildman–Crippen MR) is 98.9 cm³/mol. The number of hydrogen-bond donors (Lipinski definition) is 1. The average Bonchev–Trinajstić information content (AvgIpc) is 3.03. The molecule has 1 fully saturated rings. The van der Waals surface area contributed by atoms with Gasteiger partial charge in [0.1, 0.15) is 5.75 Å². The van der Waals surface area contributed by atoms with Gasteiger partial charge in [0.15, 0.2) is 6.61 Å². The van der Waals surface area contributed by atoms with Crippen LogP contribution in [-0.4, -0.2) is 55.8 Å². The first-order chi connectivity index (χ1) is 12.1. The quantitative estimate of drug-likeness (QED) is 0.876. The van der Waals surface area contributed by atoms with E-state index in [4.69, 9.17) is 9.47 Å². The van der Waals surface area contributed by atoms with Crippen molar-refractivity contribution < 1.29 is 14.3 Å². The number of carbonyl (C=O) groups is 1. The van der Waals surface area contributed by atoms with Crippen molar-refractivity contribution in [3.63, 3.8) is 0 Å². The first-order valence-corrected chi connectivity index (χ1v) is 8.74.